The number of nitrogens with zero attached hydrogens (tertiary/aromatic N) is 2. The first-order valence-electron chi connectivity index (χ1n) is 10.9. The first-order chi connectivity index (χ1) is 15.0. The van der Waals surface area contributed by atoms with Crippen LogP contribution in [0.4, 0.5) is 5.69 Å². The number of hydrogen-bond donors (Lipinski definition) is 1. The Kier molecular flexibility index (Phi) is 4.82. The molecular weight excluding hydrogens is 392 g/mol. The maximum Gasteiger partial charge on any atom is 0.330 e. The van der Waals surface area contributed by atoms with E-state index in [1.54, 1.807) is 4.90 Å². The Labute approximate surface area is 181 Å². The molecule has 2 heterocycles. The molecule has 0 aromatic heterocycles. The molecule has 0 amide bonds. The highest BCUT2D eigenvalue weighted by Gasteiger charge is 2.50. The van der Waals surface area contributed by atoms with Crippen molar-refractivity contribution < 1.29 is 19.8 Å². The molecule has 0 spiro atoms. The number of carbonyl (C=O) groups excluding carboxylic acids is 1. The highest BCUT2D eigenvalue weighted by atomic mass is 16.4. The Bertz CT molecular complexity index is 1070. The van der Waals surface area contributed by atoms with E-state index in [0.717, 1.165) is 30.1 Å². The zero-order valence-corrected chi connectivity index (χ0v) is 17.4. The van der Waals surface area contributed by atoms with E-state index < -0.39 is 11.9 Å². The fourth-order valence-corrected chi connectivity index (χ4v) is 5.58. The molecule has 3 aliphatic rings. The van der Waals surface area contributed by atoms with Gasteiger partial charge in [-0.2, -0.15) is 0 Å². The van der Waals surface area contributed by atoms with Gasteiger partial charge in [0.1, 0.15) is 18.3 Å². The fraction of sp³-hybridized carbons (Fsp3) is 0.360. The van der Waals surface area contributed by atoms with E-state index in [1.807, 2.05) is 6.07 Å². The molecule has 5 rings (SSSR count). The van der Waals surface area contributed by atoms with Gasteiger partial charge in [0.15, 0.2) is 0 Å². The number of carbonyl (C=O) groups is 2. The van der Waals surface area contributed by atoms with Gasteiger partial charge in [0.2, 0.25) is 0 Å². The van der Waals surface area contributed by atoms with Crippen LogP contribution < -0.4 is 9.59 Å². The summed E-state index contributed by atoms with van der Waals surface area (Å²) in [5, 5.41) is 21.0. The average Bonchev–Trinajstić information content (AvgIpc) is 3.57. The molecule has 6 nitrogen and oxygen atoms in total. The quantitative estimate of drug-likeness (QED) is 0.594. The maximum absolute atomic E-state index is 11.8. The summed E-state index contributed by atoms with van der Waals surface area (Å²) >= 11 is 0. The molecule has 2 aromatic rings. The van der Waals surface area contributed by atoms with Crippen LogP contribution >= 0.6 is 0 Å². The number of fused-ring (bicyclic) bond motifs is 5. The molecule has 1 saturated carbocycles. The average molecular weight is 418 g/mol. The molecule has 0 radical (unpaired) electrons. The van der Waals surface area contributed by atoms with E-state index in [4.69, 9.17) is 0 Å². The van der Waals surface area contributed by atoms with Crippen molar-refractivity contribution in [1.82, 2.24) is 9.38 Å². The molecule has 1 saturated heterocycles. The third-order valence-corrected chi connectivity index (χ3v) is 7.12. The number of quaternary nitrogens is 1. The van der Waals surface area contributed by atoms with E-state index in [0.29, 0.717) is 19.0 Å². The summed E-state index contributed by atoms with van der Waals surface area (Å²) in [4.78, 5) is 24.8. The van der Waals surface area contributed by atoms with Crippen LogP contribution in [0.5, 0.6) is 0 Å². The summed E-state index contributed by atoms with van der Waals surface area (Å²) in [5.41, 5.74) is 4.90. The van der Waals surface area contributed by atoms with Crippen molar-refractivity contribution in [1.29, 1.82) is 0 Å². The zero-order chi connectivity index (χ0) is 21.6. The highest BCUT2D eigenvalue weighted by molar-refractivity contribution is 5.93. The van der Waals surface area contributed by atoms with Crippen LogP contribution in [-0.4, -0.2) is 48.1 Å². The number of para-hydroxylation sites is 1. The van der Waals surface area contributed by atoms with Crippen molar-refractivity contribution in [2.45, 2.75) is 25.3 Å². The Hall–Kier alpha value is -3.12. The van der Waals surface area contributed by atoms with Crippen LogP contribution in [0, 0.1) is 5.92 Å². The van der Waals surface area contributed by atoms with Crippen LogP contribution in [0.2, 0.25) is 0 Å². The van der Waals surface area contributed by atoms with Crippen molar-refractivity contribution in [2.24, 2.45) is 5.92 Å². The lowest BCUT2D eigenvalue weighted by Crippen LogP contribution is -2.63. The third-order valence-electron chi connectivity index (χ3n) is 7.12. The van der Waals surface area contributed by atoms with Crippen molar-refractivity contribution >= 4 is 17.6 Å². The minimum Gasteiger partial charge on any atom is -0.543 e. The molecule has 1 N–H and O–H groups in total. The highest BCUT2D eigenvalue weighted by Crippen LogP contribution is 2.48. The lowest BCUT2D eigenvalue weighted by Gasteiger charge is -2.51. The van der Waals surface area contributed by atoms with E-state index in [2.05, 4.69) is 42.5 Å². The van der Waals surface area contributed by atoms with Crippen LogP contribution in [0.3, 0.4) is 0 Å². The lowest BCUT2D eigenvalue weighted by molar-refractivity contribution is -0.301. The van der Waals surface area contributed by atoms with Gasteiger partial charge < -0.3 is 19.9 Å². The second-order valence-electron chi connectivity index (χ2n) is 9.01. The van der Waals surface area contributed by atoms with Gasteiger partial charge in [-0.3, -0.25) is 4.48 Å². The van der Waals surface area contributed by atoms with Gasteiger partial charge in [0.05, 0.1) is 31.3 Å². The minimum absolute atomic E-state index is 0.0331. The van der Waals surface area contributed by atoms with Crippen molar-refractivity contribution in [3.8, 4) is 0 Å². The number of aliphatic carboxylic acids is 2. The summed E-state index contributed by atoms with van der Waals surface area (Å²) in [6, 6.07) is 17.1. The van der Waals surface area contributed by atoms with Gasteiger partial charge in [-0.15, -0.1) is 0 Å². The fourth-order valence-electron chi connectivity index (χ4n) is 5.58. The molecule has 31 heavy (non-hydrogen) atoms. The van der Waals surface area contributed by atoms with Crippen LogP contribution in [0.15, 0.2) is 60.3 Å². The maximum atomic E-state index is 11.8. The summed E-state index contributed by atoms with van der Waals surface area (Å²) < 4.78 is 0.807. The molecule has 1 aliphatic carbocycles. The predicted molar refractivity (Wildman–Crippen MR) is 115 cm³/mol. The molecule has 2 atom stereocenters. The van der Waals surface area contributed by atoms with Crippen molar-refractivity contribution in [3.63, 3.8) is 0 Å². The number of carboxylic acid groups (broad SMARTS) is 2. The number of hydrogen-bond acceptors (Lipinski definition) is 4. The molecule has 6 heteroatoms. The summed E-state index contributed by atoms with van der Waals surface area (Å²) in [6.07, 6.45) is 4.10. The Morgan fingerprint density at radius 3 is 2.52 bits per heavy atom. The molecular formula is C25H26N2O4. The minimum atomic E-state index is -1.44. The predicted octanol–water partition coefficient (Wildman–Crippen LogP) is 2.08. The van der Waals surface area contributed by atoms with Gasteiger partial charge in [-0.1, -0.05) is 42.5 Å². The van der Waals surface area contributed by atoms with Gasteiger partial charge in [0, 0.05) is 29.5 Å². The lowest BCUT2D eigenvalue weighted by atomic mass is 9.94. The molecule has 2 unspecified atom stereocenters. The molecule has 2 fully saturated rings. The molecule has 0 bridgehead atoms. The van der Waals surface area contributed by atoms with Gasteiger partial charge in [0.25, 0.3) is 0 Å². The molecule has 2 aromatic carbocycles. The normalized spacial score (nSPS) is 25.1. The standard InChI is InChI=1S/C25H26N2O4/c28-24(29)14-21(25(30)31)26-11-12-27(16-17-9-10-17)22-8-4-2-6-19(22)13-18-5-1-3-7-20(18)23(27)15-26/h1-8,14,17,23H,9-13,15-16H2,(H-,28,29,30,31)/b21-14-. The Morgan fingerprint density at radius 2 is 1.81 bits per heavy atom. The second kappa shape index (κ2) is 7.54. The van der Waals surface area contributed by atoms with Gasteiger partial charge >= 0.3 is 5.97 Å². The smallest absolute Gasteiger partial charge is 0.330 e. The monoisotopic (exact) mass is 418 g/mol. The van der Waals surface area contributed by atoms with E-state index in [1.165, 1.54) is 35.2 Å². The first-order valence-corrected chi connectivity index (χ1v) is 10.9. The zero-order valence-electron chi connectivity index (χ0n) is 17.4. The summed E-state index contributed by atoms with van der Waals surface area (Å²) in [5.74, 6) is -2.02. The van der Waals surface area contributed by atoms with Crippen LogP contribution in [0.25, 0.3) is 0 Å². The summed E-state index contributed by atoms with van der Waals surface area (Å²) in [7, 11) is 0. The van der Waals surface area contributed by atoms with Crippen LogP contribution in [-0.2, 0) is 16.0 Å². The SMILES string of the molecule is O=C(O)/C=C(/C(=O)[O-])N1CC[N+]2(CC3CC3)c3ccccc3Cc3ccccc3C2C1. The largest absolute Gasteiger partial charge is 0.543 e. The molecule has 160 valence electrons. The van der Waals surface area contributed by atoms with E-state index in [9.17, 15) is 19.8 Å². The Morgan fingerprint density at radius 1 is 1.10 bits per heavy atom. The summed E-state index contributed by atoms with van der Waals surface area (Å²) in [6.45, 7) is 2.70. The van der Waals surface area contributed by atoms with Crippen molar-refractivity contribution in [3.05, 3.63) is 77.0 Å². The first kappa shape index (κ1) is 19.8. The number of carboxylic acids is 2. The van der Waals surface area contributed by atoms with Crippen molar-refractivity contribution in [2.75, 3.05) is 26.2 Å². The van der Waals surface area contributed by atoms with E-state index >= 15 is 0 Å². The van der Waals surface area contributed by atoms with Gasteiger partial charge in [-0.05, 0) is 24.5 Å². The third kappa shape index (κ3) is 3.51. The van der Waals surface area contributed by atoms with E-state index in [-0.39, 0.29) is 11.7 Å². The number of benzene rings is 2. The Balaban J connectivity index is 1.66. The number of rotatable bonds is 5. The topological polar surface area (TPSA) is 80.7 Å². The second-order valence-corrected chi connectivity index (χ2v) is 9.01. The molecule has 2 aliphatic heterocycles. The number of piperazine rings is 1. The van der Waals surface area contributed by atoms with Crippen LogP contribution in [0.1, 0.15) is 35.6 Å². The van der Waals surface area contributed by atoms with Gasteiger partial charge in [-0.25, -0.2) is 4.79 Å².